The van der Waals surface area contributed by atoms with E-state index in [2.05, 4.69) is 18.8 Å². The first-order valence-electron chi connectivity index (χ1n) is 9.94. The second-order valence-corrected chi connectivity index (χ2v) is 9.39. The number of anilines is 1. The first-order valence-corrected chi connectivity index (χ1v) is 11.7. The molecule has 0 fully saturated rings. The van der Waals surface area contributed by atoms with Crippen molar-refractivity contribution in [1.29, 1.82) is 0 Å². The van der Waals surface area contributed by atoms with Gasteiger partial charge in [0.25, 0.3) is 5.91 Å². The molecule has 3 aromatic rings. The number of Topliss-reactive ketones (excluding diaryl/α,β-unsaturated/α-hetero) is 1. The molecular weight excluding hydrogens is 432 g/mol. The third-order valence-electron chi connectivity index (χ3n) is 4.96. The molecule has 1 amide bonds. The fourth-order valence-corrected chi connectivity index (χ4v) is 4.76. The SMILES string of the molecule is CC(C)CCOc1cccc(C2C(C(=O)c3cccs3)=C(O)C(=O)N2c2nccs2)c1. The Morgan fingerprint density at radius 1 is 1.23 bits per heavy atom. The molecule has 0 saturated heterocycles. The molecule has 4 rings (SSSR count). The summed E-state index contributed by atoms with van der Waals surface area (Å²) in [4.78, 5) is 32.4. The lowest BCUT2D eigenvalue weighted by Gasteiger charge is -2.24. The van der Waals surface area contributed by atoms with Gasteiger partial charge >= 0.3 is 0 Å². The van der Waals surface area contributed by atoms with Gasteiger partial charge in [0.15, 0.2) is 10.9 Å². The van der Waals surface area contributed by atoms with Crippen molar-refractivity contribution in [2.75, 3.05) is 11.5 Å². The number of nitrogens with zero attached hydrogens (tertiary/aromatic N) is 2. The second-order valence-electron chi connectivity index (χ2n) is 7.56. The number of thiophene rings is 1. The number of amides is 1. The summed E-state index contributed by atoms with van der Waals surface area (Å²) in [6, 6.07) is 9.98. The Morgan fingerprint density at radius 3 is 2.74 bits per heavy atom. The van der Waals surface area contributed by atoms with E-state index in [9.17, 15) is 14.7 Å². The van der Waals surface area contributed by atoms with Crippen molar-refractivity contribution in [2.24, 2.45) is 5.92 Å². The number of aromatic nitrogens is 1. The summed E-state index contributed by atoms with van der Waals surface area (Å²) in [6.07, 6.45) is 2.51. The third-order valence-corrected chi connectivity index (χ3v) is 6.60. The highest BCUT2D eigenvalue weighted by atomic mass is 32.1. The summed E-state index contributed by atoms with van der Waals surface area (Å²) in [5, 5.41) is 14.7. The first-order chi connectivity index (χ1) is 15.0. The Kier molecular flexibility index (Phi) is 6.20. The van der Waals surface area contributed by atoms with E-state index in [0.29, 0.717) is 33.8 Å². The van der Waals surface area contributed by atoms with Crippen LogP contribution < -0.4 is 9.64 Å². The van der Waals surface area contributed by atoms with Crippen molar-refractivity contribution in [3.8, 4) is 5.75 Å². The van der Waals surface area contributed by atoms with Crippen molar-refractivity contribution in [1.82, 2.24) is 4.98 Å². The van der Waals surface area contributed by atoms with Crippen molar-refractivity contribution in [2.45, 2.75) is 26.3 Å². The minimum atomic E-state index is -0.790. The molecule has 3 heterocycles. The number of carbonyl (C=O) groups excluding carboxylic acids is 2. The van der Waals surface area contributed by atoms with Crippen LogP contribution in [0.2, 0.25) is 0 Å². The number of thiazole rings is 1. The van der Waals surface area contributed by atoms with E-state index in [1.807, 2.05) is 24.3 Å². The highest BCUT2D eigenvalue weighted by Gasteiger charge is 2.45. The van der Waals surface area contributed by atoms with Crippen molar-refractivity contribution in [3.63, 3.8) is 0 Å². The highest BCUT2D eigenvalue weighted by molar-refractivity contribution is 7.14. The number of hydrogen-bond donors (Lipinski definition) is 1. The standard InChI is InChI=1S/C23H22N2O4S2/c1-14(2)8-10-29-16-6-3-5-15(13-16)19-18(20(26)17-7-4-11-30-17)21(27)22(28)25(19)23-24-9-12-31-23/h3-7,9,11-14,19,27H,8,10H2,1-2H3. The summed E-state index contributed by atoms with van der Waals surface area (Å²) in [5.74, 6) is -0.364. The van der Waals surface area contributed by atoms with Gasteiger partial charge in [-0.1, -0.05) is 32.0 Å². The predicted molar refractivity (Wildman–Crippen MR) is 122 cm³/mol. The molecule has 2 aromatic heterocycles. The smallest absolute Gasteiger partial charge is 0.296 e. The predicted octanol–water partition coefficient (Wildman–Crippen LogP) is 5.41. The second kappa shape index (κ2) is 9.03. The molecule has 0 radical (unpaired) electrons. The monoisotopic (exact) mass is 454 g/mol. The van der Waals surface area contributed by atoms with Gasteiger partial charge in [-0.3, -0.25) is 14.5 Å². The molecule has 1 N–H and O–H groups in total. The highest BCUT2D eigenvalue weighted by Crippen LogP contribution is 2.43. The van der Waals surface area contributed by atoms with Gasteiger partial charge in [-0.25, -0.2) is 4.98 Å². The van der Waals surface area contributed by atoms with E-state index in [4.69, 9.17) is 4.74 Å². The largest absolute Gasteiger partial charge is 0.503 e. The van der Waals surface area contributed by atoms with Crippen LogP contribution >= 0.6 is 22.7 Å². The normalized spacial score (nSPS) is 16.4. The molecule has 0 bridgehead atoms. The summed E-state index contributed by atoms with van der Waals surface area (Å²) in [5.41, 5.74) is 0.733. The van der Waals surface area contributed by atoms with Crippen LogP contribution in [-0.2, 0) is 4.79 Å². The average molecular weight is 455 g/mol. The minimum absolute atomic E-state index is 0.0574. The van der Waals surface area contributed by atoms with Gasteiger partial charge in [-0.05, 0) is 41.5 Å². The average Bonchev–Trinajstić information content (AvgIpc) is 3.50. The molecule has 6 nitrogen and oxygen atoms in total. The Hall–Kier alpha value is -2.97. The van der Waals surface area contributed by atoms with Crippen LogP contribution in [0.25, 0.3) is 0 Å². The molecule has 1 unspecified atom stereocenters. The topological polar surface area (TPSA) is 79.7 Å². The maximum absolute atomic E-state index is 13.3. The molecule has 0 saturated carbocycles. The number of aliphatic hydroxyl groups excluding tert-OH is 1. The Bertz CT molecular complexity index is 1100. The number of ketones is 1. The maximum atomic E-state index is 13.3. The van der Waals surface area contributed by atoms with Crippen LogP contribution in [0.15, 0.2) is 64.7 Å². The van der Waals surface area contributed by atoms with Crippen LogP contribution in [0, 0.1) is 5.92 Å². The molecule has 160 valence electrons. The zero-order chi connectivity index (χ0) is 22.0. The lowest BCUT2D eigenvalue weighted by Crippen LogP contribution is -2.30. The van der Waals surface area contributed by atoms with Crippen LogP contribution in [0.3, 0.4) is 0 Å². The molecule has 0 aliphatic carbocycles. The van der Waals surface area contributed by atoms with E-state index in [0.717, 1.165) is 6.42 Å². The van der Waals surface area contributed by atoms with Crippen molar-refractivity contribution < 1.29 is 19.4 Å². The number of hydrogen-bond acceptors (Lipinski definition) is 7. The third kappa shape index (κ3) is 4.26. The number of ether oxygens (including phenoxy) is 1. The number of aliphatic hydroxyl groups is 1. The van der Waals surface area contributed by atoms with E-state index >= 15 is 0 Å². The molecule has 1 aliphatic rings. The van der Waals surface area contributed by atoms with Gasteiger partial charge in [0.05, 0.1) is 23.1 Å². The summed E-state index contributed by atoms with van der Waals surface area (Å²) >= 11 is 2.54. The zero-order valence-corrected chi connectivity index (χ0v) is 18.8. The lowest BCUT2D eigenvalue weighted by atomic mass is 9.95. The fourth-order valence-electron chi connectivity index (χ4n) is 3.41. The summed E-state index contributed by atoms with van der Waals surface area (Å²) < 4.78 is 5.89. The van der Waals surface area contributed by atoms with E-state index in [1.165, 1.54) is 27.6 Å². The van der Waals surface area contributed by atoms with Crippen LogP contribution in [0.1, 0.15) is 41.5 Å². The number of rotatable bonds is 8. The fraction of sp³-hybridized carbons (Fsp3) is 0.261. The molecule has 1 aliphatic heterocycles. The Balaban J connectivity index is 1.75. The molecule has 8 heteroatoms. The molecule has 31 heavy (non-hydrogen) atoms. The van der Waals surface area contributed by atoms with Gasteiger partial charge in [0.2, 0.25) is 5.78 Å². The summed E-state index contributed by atoms with van der Waals surface area (Å²) in [7, 11) is 0. The van der Waals surface area contributed by atoms with Crippen LogP contribution in [0.5, 0.6) is 5.75 Å². The van der Waals surface area contributed by atoms with Gasteiger partial charge < -0.3 is 9.84 Å². The molecule has 1 atom stereocenters. The van der Waals surface area contributed by atoms with Crippen molar-refractivity contribution in [3.05, 3.63) is 75.1 Å². The van der Waals surface area contributed by atoms with Gasteiger partial charge in [-0.15, -0.1) is 22.7 Å². The number of carbonyl (C=O) groups is 2. The van der Waals surface area contributed by atoms with Crippen LogP contribution in [0.4, 0.5) is 5.13 Å². The first kappa shape index (κ1) is 21.3. The van der Waals surface area contributed by atoms with E-state index < -0.39 is 17.7 Å². The van der Waals surface area contributed by atoms with Crippen LogP contribution in [-0.4, -0.2) is 28.4 Å². The Labute approximate surface area is 188 Å². The Morgan fingerprint density at radius 2 is 2.06 bits per heavy atom. The summed E-state index contributed by atoms with van der Waals surface area (Å²) in [6.45, 7) is 4.83. The molecule has 0 spiro atoms. The molecular formula is C23H22N2O4S2. The van der Waals surface area contributed by atoms with E-state index in [1.54, 1.807) is 29.1 Å². The van der Waals surface area contributed by atoms with Crippen molar-refractivity contribution >= 4 is 39.5 Å². The van der Waals surface area contributed by atoms with Gasteiger partial charge in [-0.2, -0.15) is 0 Å². The minimum Gasteiger partial charge on any atom is -0.503 e. The van der Waals surface area contributed by atoms with Gasteiger partial charge in [0.1, 0.15) is 5.75 Å². The maximum Gasteiger partial charge on any atom is 0.296 e. The lowest BCUT2D eigenvalue weighted by molar-refractivity contribution is -0.117. The van der Waals surface area contributed by atoms with E-state index in [-0.39, 0.29) is 11.4 Å². The van der Waals surface area contributed by atoms with Gasteiger partial charge in [0, 0.05) is 11.6 Å². The number of benzene rings is 1. The zero-order valence-electron chi connectivity index (χ0n) is 17.1. The molecule has 1 aromatic carbocycles. The quantitative estimate of drug-likeness (QED) is 0.460.